The van der Waals surface area contributed by atoms with Gasteiger partial charge in [0, 0.05) is 6.42 Å². The van der Waals surface area contributed by atoms with Crippen molar-refractivity contribution >= 4 is 28.9 Å². The third-order valence-corrected chi connectivity index (χ3v) is 2.21. The van der Waals surface area contributed by atoms with Crippen LogP contribution in [0, 0.1) is 0 Å². The molecule has 0 bridgehead atoms. The van der Waals surface area contributed by atoms with Crippen LogP contribution >= 0.6 is 12.2 Å². The molecular formula is C10H12N2O3S. The van der Waals surface area contributed by atoms with Gasteiger partial charge in [0.05, 0.1) is 30.8 Å². The van der Waals surface area contributed by atoms with Gasteiger partial charge in [0.25, 0.3) is 0 Å². The van der Waals surface area contributed by atoms with Gasteiger partial charge in [-0.3, -0.25) is 9.78 Å². The van der Waals surface area contributed by atoms with Gasteiger partial charge in [-0.05, 0) is 12.2 Å². The first kappa shape index (κ1) is 12.4. The Bertz CT molecular complexity index is 421. The van der Waals surface area contributed by atoms with Crippen molar-refractivity contribution in [3.05, 3.63) is 18.0 Å². The normalized spacial score (nSPS) is 9.62. The fourth-order valence-electron chi connectivity index (χ4n) is 1.05. The van der Waals surface area contributed by atoms with E-state index in [1.165, 1.54) is 19.5 Å². The maximum absolute atomic E-state index is 11.2. The number of rotatable bonds is 3. The van der Waals surface area contributed by atoms with E-state index in [1.54, 1.807) is 6.92 Å². The molecule has 0 fully saturated rings. The predicted molar refractivity (Wildman–Crippen MR) is 63.3 cm³/mol. The van der Waals surface area contributed by atoms with Crippen LogP contribution in [0.2, 0.25) is 0 Å². The zero-order valence-corrected chi connectivity index (χ0v) is 9.84. The molecule has 1 rings (SSSR count). The summed E-state index contributed by atoms with van der Waals surface area (Å²) in [5.74, 6) is -0.161. The monoisotopic (exact) mass is 240 g/mol. The van der Waals surface area contributed by atoms with Crippen LogP contribution in [0.15, 0.2) is 12.4 Å². The highest BCUT2D eigenvalue weighted by atomic mass is 32.1. The summed E-state index contributed by atoms with van der Waals surface area (Å²) < 4.78 is 9.95. The zero-order chi connectivity index (χ0) is 12.1. The number of ether oxygens (including phenoxy) is 2. The van der Waals surface area contributed by atoms with Crippen LogP contribution in [0.3, 0.4) is 0 Å². The largest absolute Gasteiger partial charge is 0.486 e. The molecule has 86 valence electrons. The first-order chi connectivity index (χ1) is 7.60. The molecule has 0 saturated heterocycles. The molecule has 0 aliphatic carbocycles. The zero-order valence-electron chi connectivity index (χ0n) is 9.02. The number of methoxy groups -OCH3 is 1. The number of carbonyl (C=O) groups excluding carboxylic acids is 1. The minimum atomic E-state index is -0.382. The number of nitrogens with zero attached hydrogens (tertiary/aromatic N) is 1. The van der Waals surface area contributed by atoms with Crippen molar-refractivity contribution < 1.29 is 14.3 Å². The smallest absolute Gasteiger partial charge is 0.310 e. The van der Waals surface area contributed by atoms with Crippen LogP contribution in [0.5, 0.6) is 5.75 Å². The van der Waals surface area contributed by atoms with Crippen LogP contribution in [-0.2, 0) is 9.53 Å². The second-order valence-corrected chi connectivity index (χ2v) is 3.29. The Hall–Kier alpha value is -1.69. The number of pyridine rings is 1. The van der Waals surface area contributed by atoms with Crippen molar-refractivity contribution in [2.24, 2.45) is 0 Å². The van der Waals surface area contributed by atoms with Gasteiger partial charge < -0.3 is 15.2 Å². The van der Waals surface area contributed by atoms with Gasteiger partial charge in [0.15, 0.2) is 10.8 Å². The number of hydrogen-bond donors (Lipinski definition) is 1. The fraction of sp³-hybridized carbons (Fsp3) is 0.300. The number of esters is 1. The predicted octanol–water partition coefficient (Wildman–Crippen LogP) is 1.30. The van der Waals surface area contributed by atoms with Crippen LogP contribution < -0.4 is 10.5 Å². The minimum Gasteiger partial charge on any atom is -0.486 e. The summed E-state index contributed by atoms with van der Waals surface area (Å²) in [6.07, 6.45) is 3.06. The molecule has 0 aromatic carbocycles. The molecule has 0 atom stereocenters. The van der Waals surface area contributed by atoms with E-state index in [2.05, 4.69) is 4.98 Å². The van der Waals surface area contributed by atoms with Gasteiger partial charge in [0.1, 0.15) is 0 Å². The van der Waals surface area contributed by atoms with Crippen LogP contribution in [0.1, 0.15) is 18.9 Å². The SMILES string of the molecule is CCC(=O)Oc1cncc(N)c1C(=S)OC. The minimum absolute atomic E-state index is 0.166. The second-order valence-electron chi connectivity index (χ2n) is 2.92. The van der Waals surface area contributed by atoms with E-state index in [9.17, 15) is 4.79 Å². The average Bonchev–Trinajstić information content (AvgIpc) is 2.28. The molecule has 2 N–H and O–H groups in total. The molecule has 0 spiro atoms. The average molecular weight is 240 g/mol. The van der Waals surface area contributed by atoms with Crippen molar-refractivity contribution in [3.8, 4) is 5.75 Å². The molecule has 0 aliphatic heterocycles. The van der Waals surface area contributed by atoms with Crippen molar-refractivity contribution in [2.75, 3.05) is 12.8 Å². The lowest BCUT2D eigenvalue weighted by atomic mass is 10.2. The van der Waals surface area contributed by atoms with E-state index in [-0.39, 0.29) is 23.2 Å². The van der Waals surface area contributed by atoms with E-state index in [0.717, 1.165) is 0 Å². The molecule has 0 aliphatic rings. The van der Waals surface area contributed by atoms with Crippen LogP contribution in [0.4, 0.5) is 5.69 Å². The Morgan fingerprint density at radius 2 is 2.25 bits per heavy atom. The summed E-state index contributed by atoms with van der Waals surface area (Å²) in [4.78, 5) is 15.0. The third-order valence-electron chi connectivity index (χ3n) is 1.84. The van der Waals surface area contributed by atoms with Gasteiger partial charge in [-0.2, -0.15) is 0 Å². The number of aromatic nitrogens is 1. The summed E-state index contributed by atoms with van der Waals surface area (Å²) >= 11 is 4.96. The maximum atomic E-state index is 11.2. The van der Waals surface area contributed by atoms with Crippen molar-refractivity contribution in [1.82, 2.24) is 4.98 Å². The Morgan fingerprint density at radius 1 is 1.56 bits per heavy atom. The lowest BCUT2D eigenvalue weighted by Gasteiger charge is -2.11. The number of hydrogen-bond acceptors (Lipinski definition) is 6. The summed E-state index contributed by atoms with van der Waals surface area (Å²) in [6, 6.07) is 0. The molecule has 6 heteroatoms. The van der Waals surface area contributed by atoms with E-state index in [4.69, 9.17) is 27.4 Å². The van der Waals surface area contributed by atoms with Gasteiger partial charge in [-0.15, -0.1) is 0 Å². The summed E-state index contributed by atoms with van der Waals surface area (Å²) in [5.41, 5.74) is 6.39. The molecule has 5 nitrogen and oxygen atoms in total. The first-order valence-electron chi connectivity index (χ1n) is 4.62. The molecule has 0 unspecified atom stereocenters. The van der Waals surface area contributed by atoms with Gasteiger partial charge >= 0.3 is 5.97 Å². The van der Waals surface area contributed by atoms with E-state index in [0.29, 0.717) is 11.3 Å². The number of thiocarbonyl (C=S) groups is 1. The molecule has 1 aromatic rings. The van der Waals surface area contributed by atoms with Gasteiger partial charge in [-0.25, -0.2) is 0 Å². The molecule has 16 heavy (non-hydrogen) atoms. The Morgan fingerprint density at radius 3 is 2.81 bits per heavy atom. The fourth-order valence-corrected chi connectivity index (χ4v) is 1.27. The molecule has 0 amide bonds. The third kappa shape index (κ3) is 2.66. The Balaban J connectivity index is 3.12. The van der Waals surface area contributed by atoms with Crippen LogP contribution in [0.25, 0.3) is 0 Å². The van der Waals surface area contributed by atoms with E-state index < -0.39 is 0 Å². The molecule has 0 radical (unpaired) electrons. The van der Waals surface area contributed by atoms with Gasteiger partial charge in [-0.1, -0.05) is 6.92 Å². The molecule has 1 heterocycles. The van der Waals surface area contributed by atoms with Crippen molar-refractivity contribution in [2.45, 2.75) is 13.3 Å². The highest BCUT2D eigenvalue weighted by molar-refractivity contribution is 7.80. The molecule has 0 saturated carbocycles. The second kappa shape index (κ2) is 5.41. The molecular weight excluding hydrogens is 228 g/mol. The summed E-state index contributed by atoms with van der Waals surface area (Å²) in [7, 11) is 1.42. The lowest BCUT2D eigenvalue weighted by molar-refractivity contribution is -0.134. The van der Waals surface area contributed by atoms with Gasteiger partial charge in [0.2, 0.25) is 0 Å². The van der Waals surface area contributed by atoms with E-state index >= 15 is 0 Å². The van der Waals surface area contributed by atoms with Crippen molar-refractivity contribution in [3.63, 3.8) is 0 Å². The van der Waals surface area contributed by atoms with E-state index in [1.807, 2.05) is 0 Å². The Labute approximate surface area is 98.6 Å². The van der Waals surface area contributed by atoms with Crippen LogP contribution in [-0.4, -0.2) is 23.1 Å². The Kier molecular flexibility index (Phi) is 4.19. The number of nitrogen functional groups attached to an aromatic ring is 1. The first-order valence-corrected chi connectivity index (χ1v) is 5.03. The number of nitrogens with two attached hydrogens (primary N) is 1. The number of anilines is 1. The lowest BCUT2D eigenvalue weighted by Crippen LogP contribution is -2.12. The number of carbonyl (C=O) groups is 1. The standard InChI is InChI=1S/C10H12N2O3S/c1-3-8(13)15-7-5-12-4-6(11)9(7)10(16)14-2/h4-5H,3,11H2,1-2H3. The highest BCUT2D eigenvalue weighted by Crippen LogP contribution is 2.24. The highest BCUT2D eigenvalue weighted by Gasteiger charge is 2.16. The summed E-state index contributed by atoms with van der Waals surface area (Å²) in [6.45, 7) is 1.69. The quantitative estimate of drug-likeness (QED) is 0.634. The topological polar surface area (TPSA) is 74.4 Å². The molecule has 1 aromatic heterocycles. The summed E-state index contributed by atoms with van der Waals surface area (Å²) in [5, 5.41) is 0.166. The maximum Gasteiger partial charge on any atom is 0.310 e. The van der Waals surface area contributed by atoms with Crippen molar-refractivity contribution in [1.29, 1.82) is 0 Å².